The van der Waals surface area contributed by atoms with Gasteiger partial charge in [0.25, 0.3) is 0 Å². The number of hydrogen-bond acceptors (Lipinski definition) is 2. The summed E-state index contributed by atoms with van der Waals surface area (Å²) in [5.74, 6) is 1.89. The van der Waals surface area contributed by atoms with Crippen molar-refractivity contribution in [1.82, 2.24) is 4.90 Å². The van der Waals surface area contributed by atoms with Crippen molar-refractivity contribution in [2.45, 2.75) is 6.42 Å². The normalized spacial score (nSPS) is 18.5. The molecular formula is C6H10ClNS2. The first-order chi connectivity index (χ1) is 4.84. The summed E-state index contributed by atoms with van der Waals surface area (Å²) >= 11 is 12.4. The van der Waals surface area contributed by atoms with E-state index in [1.807, 2.05) is 0 Å². The number of nitrogens with zero attached hydrogens (tertiary/aromatic N) is 1. The maximum atomic E-state index is 5.55. The van der Waals surface area contributed by atoms with Crippen molar-refractivity contribution in [3.63, 3.8) is 0 Å². The summed E-state index contributed by atoms with van der Waals surface area (Å²) in [6.45, 7) is 2.15. The molecule has 0 atom stereocenters. The van der Waals surface area contributed by atoms with Gasteiger partial charge in [0.15, 0.2) is 0 Å². The Morgan fingerprint density at radius 2 is 2.50 bits per heavy atom. The number of alkyl halides is 1. The molecule has 1 aliphatic rings. The highest BCUT2D eigenvalue weighted by molar-refractivity contribution is 8.23. The average molecular weight is 196 g/mol. The predicted octanol–water partition coefficient (Wildman–Crippen LogP) is 1.95. The van der Waals surface area contributed by atoms with E-state index in [1.54, 1.807) is 11.8 Å². The lowest BCUT2D eigenvalue weighted by atomic mass is 10.4. The van der Waals surface area contributed by atoms with E-state index in [0.29, 0.717) is 0 Å². The van der Waals surface area contributed by atoms with Crippen LogP contribution in [0.1, 0.15) is 6.42 Å². The minimum absolute atomic E-state index is 0.740. The van der Waals surface area contributed by atoms with Gasteiger partial charge in [-0.15, -0.1) is 11.6 Å². The van der Waals surface area contributed by atoms with Crippen LogP contribution in [0, 0.1) is 0 Å². The molecule has 0 aliphatic carbocycles. The van der Waals surface area contributed by atoms with Gasteiger partial charge >= 0.3 is 0 Å². The fourth-order valence-corrected chi connectivity index (χ4v) is 2.28. The van der Waals surface area contributed by atoms with E-state index in [9.17, 15) is 0 Å². The van der Waals surface area contributed by atoms with Crippen LogP contribution in [0.4, 0.5) is 0 Å². The second-order valence-electron chi connectivity index (χ2n) is 2.14. The van der Waals surface area contributed by atoms with Crippen molar-refractivity contribution in [1.29, 1.82) is 0 Å². The van der Waals surface area contributed by atoms with Crippen molar-refractivity contribution in [2.75, 3.05) is 24.7 Å². The van der Waals surface area contributed by atoms with Gasteiger partial charge in [-0.2, -0.15) is 0 Å². The fraction of sp³-hybridized carbons (Fsp3) is 0.833. The molecule has 4 heteroatoms. The third kappa shape index (κ3) is 2.29. The summed E-state index contributed by atoms with van der Waals surface area (Å²) in [5, 5.41) is 0. The number of hydrogen-bond donors (Lipinski definition) is 0. The van der Waals surface area contributed by atoms with E-state index in [1.165, 1.54) is 0 Å². The molecule has 1 nitrogen and oxygen atoms in total. The Kier molecular flexibility index (Phi) is 3.81. The third-order valence-corrected chi connectivity index (χ3v) is 3.18. The van der Waals surface area contributed by atoms with E-state index in [-0.39, 0.29) is 0 Å². The van der Waals surface area contributed by atoms with Crippen molar-refractivity contribution >= 4 is 39.9 Å². The van der Waals surface area contributed by atoms with E-state index in [0.717, 1.165) is 35.5 Å². The molecule has 10 heavy (non-hydrogen) atoms. The summed E-state index contributed by atoms with van der Waals surface area (Å²) in [6.07, 6.45) is 1.04. The van der Waals surface area contributed by atoms with Gasteiger partial charge in [-0.25, -0.2) is 0 Å². The van der Waals surface area contributed by atoms with Gasteiger partial charge in [0.05, 0.1) is 0 Å². The Bertz CT molecular complexity index is 129. The molecule has 0 saturated carbocycles. The molecule has 1 rings (SSSR count). The topological polar surface area (TPSA) is 3.24 Å². The van der Waals surface area contributed by atoms with E-state index in [2.05, 4.69) is 4.90 Å². The number of thiocarbonyl (C=S) groups is 1. The molecule has 0 spiro atoms. The first kappa shape index (κ1) is 8.62. The molecule has 1 heterocycles. The molecular weight excluding hydrogens is 186 g/mol. The summed E-state index contributed by atoms with van der Waals surface area (Å²) in [5.41, 5.74) is 0. The Morgan fingerprint density at radius 1 is 1.70 bits per heavy atom. The largest absolute Gasteiger partial charge is 0.357 e. The zero-order valence-corrected chi connectivity index (χ0v) is 8.07. The minimum Gasteiger partial charge on any atom is -0.357 e. The summed E-state index contributed by atoms with van der Waals surface area (Å²) in [4.78, 5) is 2.22. The van der Waals surface area contributed by atoms with Crippen molar-refractivity contribution in [2.24, 2.45) is 0 Å². The Morgan fingerprint density at radius 3 is 3.00 bits per heavy atom. The Hall–Kier alpha value is 0.530. The highest BCUT2D eigenvalue weighted by Gasteiger charge is 2.15. The van der Waals surface area contributed by atoms with E-state index in [4.69, 9.17) is 23.8 Å². The van der Waals surface area contributed by atoms with Crippen LogP contribution in [0.15, 0.2) is 0 Å². The zero-order chi connectivity index (χ0) is 7.40. The summed E-state index contributed by atoms with van der Waals surface area (Å²) in [7, 11) is 0. The first-order valence-corrected chi connectivity index (χ1v) is 5.25. The van der Waals surface area contributed by atoms with Crippen LogP contribution >= 0.6 is 35.6 Å². The van der Waals surface area contributed by atoms with Crippen LogP contribution in [0.2, 0.25) is 0 Å². The van der Waals surface area contributed by atoms with Gasteiger partial charge in [-0.3, -0.25) is 0 Å². The molecule has 1 saturated heterocycles. The molecule has 0 radical (unpaired) electrons. The predicted molar refractivity (Wildman–Crippen MR) is 52.0 cm³/mol. The lowest BCUT2D eigenvalue weighted by molar-refractivity contribution is 0.468. The standard InChI is InChI=1S/C6H10ClNS2/c7-2-1-3-8-4-5-10-6(8)9/h1-5H2. The highest BCUT2D eigenvalue weighted by Crippen LogP contribution is 2.17. The van der Waals surface area contributed by atoms with Gasteiger partial charge in [-0.05, 0) is 6.42 Å². The van der Waals surface area contributed by atoms with Gasteiger partial charge in [0.1, 0.15) is 4.32 Å². The molecule has 58 valence electrons. The maximum absolute atomic E-state index is 5.55. The number of rotatable bonds is 3. The Balaban J connectivity index is 2.20. The van der Waals surface area contributed by atoms with Gasteiger partial charge < -0.3 is 4.90 Å². The van der Waals surface area contributed by atoms with E-state index >= 15 is 0 Å². The molecule has 0 aromatic rings. The van der Waals surface area contributed by atoms with Crippen LogP contribution in [-0.4, -0.2) is 33.9 Å². The molecule has 0 aromatic carbocycles. The minimum atomic E-state index is 0.740. The quantitative estimate of drug-likeness (QED) is 0.501. The fourth-order valence-electron chi connectivity index (χ4n) is 0.879. The van der Waals surface area contributed by atoms with Crippen molar-refractivity contribution in [3.8, 4) is 0 Å². The molecule has 1 fully saturated rings. The molecule has 0 bridgehead atoms. The van der Waals surface area contributed by atoms with Crippen LogP contribution in [0.3, 0.4) is 0 Å². The third-order valence-electron chi connectivity index (χ3n) is 1.41. The van der Waals surface area contributed by atoms with E-state index < -0.39 is 0 Å². The highest BCUT2D eigenvalue weighted by atomic mass is 35.5. The Labute approximate surface area is 76.1 Å². The van der Waals surface area contributed by atoms with Crippen molar-refractivity contribution in [3.05, 3.63) is 0 Å². The zero-order valence-electron chi connectivity index (χ0n) is 5.68. The number of thioether (sulfide) groups is 1. The second kappa shape index (κ2) is 4.42. The monoisotopic (exact) mass is 195 g/mol. The smallest absolute Gasteiger partial charge is 0.136 e. The van der Waals surface area contributed by atoms with Crippen LogP contribution in [-0.2, 0) is 0 Å². The van der Waals surface area contributed by atoms with Crippen LogP contribution < -0.4 is 0 Å². The SMILES string of the molecule is S=C1SCCN1CCCCl. The van der Waals surface area contributed by atoms with Crippen LogP contribution in [0.5, 0.6) is 0 Å². The van der Waals surface area contributed by atoms with Gasteiger partial charge in [-0.1, -0.05) is 24.0 Å². The van der Waals surface area contributed by atoms with Crippen molar-refractivity contribution < 1.29 is 0 Å². The van der Waals surface area contributed by atoms with Gasteiger partial charge in [0, 0.05) is 24.7 Å². The first-order valence-electron chi connectivity index (χ1n) is 3.32. The molecule has 0 unspecified atom stereocenters. The molecule has 0 amide bonds. The van der Waals surface area contributed by atoms with Crippen LogP contribution in [0.25, 0.3) is 0 Å². The summed E-state index contributed by atoms with van der Waals surface area (Å²) in [6, 6.07) is 0. The molecule has 0 aromatic heterocycles. The maximum Gasteiger partial charge on any atom is 0.136 e. The van der Waals surface area contributed by atoms with Gasteiger partial charge in [0.2, 0.25) is 0 Å². The average Bonchev–Trinajstić information content (AvgIpc) is 2.31. The molecule has 0 N–H and O–H groups in total. The number of halogens is 1. The second-order valence-corrected chi connectivity index (χ2v) is 4.25. The lowest BCUT2D eigenvalue weighted by Gasteiger charge is -2.14. The summed E-state index contributed by atoms with van der Waals surface area (Å²) < 4.78 is 1.05. The molecule has 1 aliphatic heterocycles. The lowest BCUT2D eigenvalue weighted by Crippen LogP contribution is -2.24.